The van der Waals surface area contributed by atoms with E-state index in [0.29, 0.717) is 26.0 Å². The first-order chi connectivity index (χ1) is 16.2. The molecule has 1 aliphatic heterocycles. The van der Waals surface area contributed by atoms with Crippen molar-refractivity contribution < 1.29 is 27.5 Å². The lowest BCUT2D eigenvalue weighted by atomic mass is 9.98. The van der Waals surface area contributed by atoms with Gasteiger partial charge in [0.1, 0.15) is 0 Å². The van der Waals surface area contributed by atoms with E-state index in [1.807, 2.05) is 0 Å². The van der Waals surface area contributed by atoms with Gasteiger partial charge in [-0.15, -0.1) is 0 Å². The molecule has 2 aromatic carbocycles. The number of carbonyl (C=O) groups excluding carboxylic acids is 3. The molecule has 1 N–H and O–H groups in total. The van der Waals surface area contributed by atoms with Gasteiger partial charge < -0.3 is 14.5 Å². The van der Waals surface area contributed by atoms with Crippen LogP contribution in [0.3, 0.4) is 0 Å². The zero-order valence-electron chi connectivity index (χ0n) is 19.3. The Morgan fingerprint density at radius 3 is 2.56 bits per heavy atom. The third-order valence-electron chi connectivity index (χ3n) is 5.53. The summed E-state index contributed by atoms with van der Waals surface area (Å²) in [6.07, 6.45) is 1.36. The van der Waals surface area contributed by atoms with E-state index in [4.69, 9.17) is 4.74 Å². The molecular weight excluding hydrogens is 458 g/mol. The Hall–Kier alpha value is -3.40. The van der Waals surface area contributed by atoms with Gasteiger partial charge in [0.25, 0.3) is 15.9 Å². The van der Waals surface area contributed by atoms with E-state index < -0.39 is 15.9 Å². The van der Waals surface area contributed by atoms with Crippen LogP contribution in [0.4, 0.5) is 5.69 Å². The standard InChI is InChI=1S/C24H29N3O6S/c1-3-33-24(30)19-10-8-14-27(16-19)22(28)17-26(2)23(29)18-9-7-11-20(15-18)25-34(31,32)21-12-5-4-6-13-21/h4-7,9,11-13,15,19,25H,3,8,10,14,16-17H2,1-2H3. The maximum absolute atomic E-state index is 12.9. The molecule has 1 atom stereocenters. The second-order valence-electron chi connectivity index (χ2n) is 8.09. The Morgan fingerprint density at radius 1 is 1.12 bits per heavy atom. The number of hydrogen-bond donors (Lipinski definition) is 1. The van der Waals surface area contributed by atoms with Crippen molar-refractivity contribution in [3.8, 4) is 0 Å². The molecule has 1 aliphatic rings. The molecule has 34 heavy (non-hydrogen) atoms. The molecule has 1 heterocycles. The maximum atomic E-state index is 12.9. The third kappa shape index (κ3) is 6.34. The molecule has 0 saturated carbocycles. The topological polar surface area (TPSA) is 113 Å². The van der Waals surface area contributed by atoms with Crippen molar-refractivity contribution in [3.63, 3.8) is 0 Å². The van der Waals surface area contributed by atoms with Crippen LogP contribution in [0.2, 0.25) is 0 Å². The van der Waals surface area contributed by atoms with E-state index in [0.717, 1.165) is 0 Å². The number of carbonyl (C=O) groups is 3. The van der Waals surface area contributed by atoms with Crippen LogP contribution in [0, 0.1) is 5.92 Å². The number of rotatable bonds is 8. The molecule has 2 aromatic rings. The van der Waals surface area contributed by atoms with Gasteiger partial charge in [-0.1, -0.05) is 24.3 Å². The molecule has 182 valence electrons. The fourth-order valence-electron chi connectivity index (χ4n) is 3.78. The highest BCUT2D eigenvalue weighted by molar-refractivity contribution is 7.92. The summed E-state index contributed by atoms with van der Waals surface area (Å²) in [4.78, 5) is 40.7. The van der Waals surface area contributed by atoms with Gasteiger partial charge >= 0.3 is 5.97 Å². The fraction of sp³-hybridized carbons (Fsp3) is 0.375. The second kappa shape index (κ2) is 11.1. The number of likely N-dealkylation sites (N-methyl/N-ethyl adjacent to an activating group) is 1. The van der Waals surface area contributed by atoms with Crippen molar-refractivity contribution >= 4 is 33.5 Å². The van der Waals surface area contributed by atoms with Crippen molar-refractivity contribution in [1.29, 1.82) is 0 Å². The Balaban J connectivity index is 1.63. The molecule has 10 heteroatoms. The van der Waals surface area contributed by atoms with E-state index >= 15 is 0 Å². The zero-order valence-corrected chi connectivity index (χ0v) is 20.1. The van der Waals surface area contributed by atoms with Crippen LogP contribution in [-0.4, -0.2) is 69.3 Å². The normalized spacial score (nSPS) is 15.9. The van der Waals surface area contributed by atoms with Crippen molar-refractivity contribution in [2.24, 2.45) is 5.92 Å². The molecule has 0 aliphatic carbocycles. The van der Waals surface area contributed by atoms with Gasteiger partial charge in [-0.2, -0.15) is 0 Å². The van der Waals surface area contributed by atoms with Crippen LogP contribution >= 0.6 is 0 Å². The number of piperidine rings is 1. The summed E-state index contributed by atoms with van der Waals surface area (Å²) < 4.78 is 32.7. The summed E-state index contributed by atoms with van der Waals surface area (Å²) >= 11 is 0. The number of likely N-dealkylation sites (tertiary alicyclic amines) is 1. The van der Waals surface area contributed by atoms with Gasteiger partial charge in [0.2, 0.25) is 5.91 Å². The molecule has 1 unspecified atom stereocenters. The van der Waals surface area contributed by atoms with Crippen molar-refractivity contribution in [2.75, 3.05) is 38.0 Å². The minimum absolute atomic E-state index is 0.108. The molecule has 1 fully saturated rings. The predicted octanol–water partition coefficient (Wildman–Crippen LogP) is 2.36. The van der Waals surface area contributed by atoms with Gasteiger partial charge in [-0.05, 0) is 50.1 Å². The van der Waals surface area contributed by atoms with Crippen LogP contribution in [0.5, 0.6) is 0 Å². The number of amides is 2. The number of nitrogens with zero attached hydrogens (tertiary/aromatic N) is 2. The van der Waals surface area contributed by atoms with E-state index in [1.165, 1.54) is 30.1 Å². The largest absolute Gasteiger partial charge is 0.466 e. The van der Waals surface area contributed by atoms with Gasteiger partial charge in [0.15, 0.2) is 0 Å². The summed E-state index contributed by atoms with van der Waals surface area (Å²) in [5, 5.41) is 0. The van der Waals surface area contributed by atoms with Gasteiger partial charge in [0.05, 0.1) is 24.0 Å². The Bertz CT molecular complexity index is 1140. The lowest BCUT2D eigenvalue weighted by Crippen LogP contribution is -2.47. The molecule has 1 saturated heterocycles. The second-order valence-corrected chi connectivity index (χ2v) is 9.77. The van der Waals surface area contributed by atoms with Gasteiger partial charge in [-0.25, -0.2) is 8.42 Å². The first-order valence-electron chi connectivity index (χ1n) is 11.1. The number of sulfonamides is 1. The smallest absolute Gasteiger partial charge is 0.310 e. The number of ether oxygens (including phenoxy) is 1. The van der Waals surface area contributed by atoms with Crippen molar-refractivity contribution in [3.05, 3.63) is 60.2 Å². The third-order valence-corrected chi connectivity index (χ3v) is 6.93. The quantitative estimate of drug-likeness (QED) is 0.572. The van der Waals surface area contributed by atoms with Crippen molar-refractivity contribution in [1.82, 2.24) is 9.80 Å². The summed E-state index contributed by atoms with van der Waals surface area (Å²) in [6, 6.07) is 14.0. The summed E-state index contributed by atoms with van der Waals surface area (Å²) in [5.41, 5.74) is 0.481. The number of esters is 1. The molecule has 0 bridgehead atoms. The van der Waals surface area contributed by atoms with E-state index in [9.17, 15) is 22.8 Å². The fourth-order valence-corrected chi connectivity index (χ4v) is 4.85. The van der Waals surface area contributed by atoms with Crippen LogP contribution in [-0.2, 0) is 24.3 Å². The Kier molecular flexibility index (Phi) is 8.27. The molecule has 0 spiro atoms. The lowest BCUT2D eigenvalue weighted by molar-refractivity contribution is -0.151. The van der Waals surface area contributed by atoms with Crippen LogP contribution in [0.1, 0.15) is 30.1 Å². The van der Waals surface area contributed by atoms with Gasteiger partial charge in [-0.3, -0.25) is 19.1 Å². The summed E-state index contributed by atoms with van der Waals surface area (Å²) in [6.45, 7) is 2.67. The lowest BCUT2D eigenvalue weighted by Gasteiger charge is -2.32. The number of anilines is 1. The maximum Gasteiger partial charge on any atom is 0.310 e. The minimum atomic E-state index is -3.80. The molecular formula is C24H29N3O6S. The predicted molar refractivity (Wildman–Crippen MR) is 127 cm³/mol. The number of benzene rings is 2. The number of nitrogens with one attached hydrogen (secondary N) is 1. The average Bonchev–Trinajstić information content (AvgIpc) is 2.84. The number of hydrogen-bond acceptors (Lipinski definition) is 6. The van der Waals surface area contributed by atoms with Crippen LogP contribution < -0.4 is 4.72 Å². The van der Waals surface area contributed by atoms with Crippen molar-refractivity contribution in [2.45, 2.75) is 24.7 Å². The molecule has 3 rings (SSSR count). The Morgan fingerprint density at radius 2 is 1.85 bits per heavy atom. The zero-order chi connectivity index (χ0) is 24.7. The SMILES string of the molecule is CCOC(=O)C1CCCN(C(=O)CN(C)C(=O)c2cccc(NS(=O)(=O)c3ccccc3)c2)C1. The highest BCUT2D eigenvalue weighted by Gasteiger charge is 2.30. The monoisotopic (exact) mass is 487 g/mol. The molecule has 2 amide bonds. The van der Waals surface area contributed by atoms with Gasteiger partial charge in [0, 0.05) is 31.4 Å². The van der Waals surface area contributed by atoms with Crippen LogP contribution in [0.15, 0.2) is 59.5 Å². The van der Waals surface area contributed by atoms with E-state index in [-0.39, 0.29) is 47.0 Å². The van der Waals surface area contributed by atoms with E-state index in [1.54, 1.807) is 48.2 Å². The molecule has 0 aromatic heterocycles. The molecule has 0 radical (unpaired) electrons. The highest BCUT2D eigenvalue weighted by Crippen LogP contribution is 2.20. The van der Waals surface area contributed by atoms with E-state index in [2.05, 4.69) is 4.72 Å². The van der Waals surface area contributed by atoms with Crippen LogP contribution in [0.25, 0.3) is 0 Å². The Labute approximate surface area is 199 Å². The minimum Gasteiger partial charge on any atom is -0.466 e. The average molecular weight is 488 g/mol. The summed E-state index contributed by atoms with van der Waals surface area (Å²) in [5.74, 6) is -1.34. The molecule has 9 nitrogen and oxygen atoms in total. The summed E-state index contributed by atoms with van der Waals surface area (Å²) in [7, 11) is -2.29. The first-order valence-corrected chi connectivity index (χ1v) is 12.6. The highest BCUT2D eigenvalue weighted by atomic mass is 32.2. The first kappa shape index (κ1) is 25.2.